The Morgan fingerprint density at radius 2 is 2.04 bits per heavy atom. The molecule has 2 atom stereocenters. The molecule has 0 bridgehead atoms. The summed E-state index contributed by atoms with van der Waals surface area (Å²) >= 11 is 0. The number of carbonyl (C=O) groups is 2. The van der Waals surface area contributed by atoms with Crippen molar-refractivity contribution in [3.05, 3.63) is 0 Å². The van der Waals surface area contributed by atoms with E-state index in [-0.39, 0.29) is 18.4 Å². The maximum absolute atomic E-state index is 13.1. The number of rotatable bonds is 2. The van der Waals surface area contributed by atoms with Gasteiger partial charge in [-0.05, 0) is 45.2 Å². The quantitative estimate of drug-likeness (QED) is 0.621. The molecular weight excluding hydrogens is 298 g/mol. The minimum Gasteiger partial charge on any atom is -0.392 e. The van der Waals surface area contributed by atoms with Gasteiger partial charge in [0.1, 0.15) is 5.60 Å². The van der Waals surface area contributed by atoms with Crippen LogP contribution in [0.3, 0.4) is 0 Å². The topological polar surface area (TPSA) is 90.9 Å². The average molecular weight is 325 g/mol. The van der Waals surface area contributed by atoms with E-state index in [2.05, 4.69) is 10.6 Å². The fraction of sp³-hybridized carbons (Fsp3) is 0.875. The summed E-state index contributed by atoms with van der Waals surface area (Å²) in [6.07, 6.45) is 2.51. The highest BCUT2D eigenvalue weighted by atomic mass is 16.5. The van der Waals surface area contributed by atoms with Crippen LogP contribution in [0.2, 0.25) is 0 Å². The van der Waals surface area contributed by atoms with Crippen LogP contribution in [0.4, 0.5) is 0 Å². The zero-order valence-electron chi connectivity index (χ0n) is 13.8. The fourth-order valence-corrected chi connectivity index (χ4v) is 4.24. The second-order valence-electron chi connectivity index (χ2n) is 7.00. The molecular formula is C16H27N3O4. The van der Waals surface area contributed by atoms with Crippen molar-refractivity contribution in [1.29, 1.82) is 0 Å². The molecule has 3 aliphatic rings. The molecule has 130 valence electrons. The lowest BCUT2D eigenvalue weighted by atomic mass is 9.71. The number of piperidine rings is 3. The molecule has 3 fully saturated rings. The van der Waals surface area contributed by atoms with E-state index in [9.17, 15) is 14.7 Å². The van der Waals surface area contributed by atoms with Gasteiger partial charge in [0.05, 0.1) is 11.5 Å². The molecule has 3 N–H and O–H groups in total. The Morgan fingerprint density at radius 1 is 1.30 bits per heavy atom. The summed E-state index contributed by atoms with van der Waals surface area (Å²) in [4.78, 5) is 27.3. The second-order valence-corrected chi connectivity index (χ2v) is 7.00. The Balaban J connectivity index is 1.80. The van der Waals surface area contributed by atoms with Gasteiger partial charge in [-0.15, -0.1) is 0 Å². The summed E-state index contributed by atoms with van der Waals surface area (Å²) in [6, 6.07) is 0. The van der Waals surface area contributed by atoms with E-state index in [4.69, 9.17) is 4.74 Å². The second kappa shape index (κ2) is 6.37. The first kappa shape index (κ1) is 16.7. The molecule has 0 aliphatic carbocycles. The molecule has 0 radical (unpaired) electrons. The summed E-state index contributed by atoms with van der Waals surface area (Å²) in [6.45, 7) is 2.92. The van der Waals surface area contributed by atoms with Crippen molar-refractivity contribution >= 4 is 11.8 Å². The van der Waals surface area contributed by atoms with E-state index in [1.54, 1.807) is 12.0 Å². The van der Waals surface area contributed by atoms with Crippen LogP contribution in [0.1, 0.15) is 32.1 Å². The van der Waals surface area contributed by atoms with E-state index in [0.717, 1.165) is 19.5 Å². The molecule has 7 heteroatoms. The van der Waals surface area contributed by atoms with Gasteiger partial charge in [-0.1, -0.05) is 0 Å². The van der Waals surface area contributed by atoms with Gasteiger partial charge in [-0.25, -0.2) is 0 Å². The van der Waals surface area contributed by atoms with E-state index < -0.39 is 17.1 Å². The number of nitrogens with one attached hydrogen (secondary N) is 2. The lowest BCUT2D eigenvalue weighted by Crippen LogP contribution is -2.65. The van der Waals surface area contributed by atoms with Gasteiger partial charge in [-0.3, -0.25) is 9.59 Å². The summed E-state index contributed by atoms with van der Waals surface area (Å²) in [5.74, 6) is -0.156. The number of aliphatic hydroxyl groups is 1. The van der Waals surface area contributed by atoms with Gasteiger partial charge in [0.2, 0.25) is 5.91 Å². The van der Waals surface area contributed by atoms with E-state index in [0.29, 0.717) is 38.8 Å². The normalized spacial score (nSPS) is 34.3. The molecule has 0 unspecified atom stereocenters. The Morgan fingerprint density at radius 3 is 2.70 bits per heavy atom. The number of aliphatic hydroxyl groups excluding tert-OH is 1. The van der Waals surface area contributed by atoms with Gasteiger partial charge < -0.3 is 25.4 Å². The molecule has 23 heavy (non-hydrogen) atoms. The van der Waals surface area contributed by atoms with Crippen molar-refractivity contribution in [1.82, 2.24) is 15.5 Å². The molecule has 3 aliphatic heterocycles. The number of ether oxygens (including phenoxy) is 1. The maximum Gasteiger partial charge on any atom is 0.254 e. The van der Waals surface area contributed by atoms with Gasteiger partial charge in [-0.2, -0.15) is 0 Å². The highest BCUT2D eigenvalue weighted by Gasteiger charge is 2.53. The molecule has 0 aromatic heterocycles. The fourth-order valence-electron chi connectivity index (χ4n) is 4.24. The third kappa shape index (κ3) is 2.75. The average Bonchev–Trinajstić information content (AvgIpc) is 2.59. The molecule has 7 nitrogen and oxygen atoms in total. The van der Waals surface area contributed by atoms with Crippen LogP contribution in [0.25, 0.3) is 0 Å². The van der Waals surface area contributed by atoms with Crippen LogP contribution >= 0.6 is 0 Å². The number of methoxy groups -OCH3 is 1. The SMILES string of the molecule is COC1(C(=O)N2CC[C@H](O)[C@@]3(CCCNC3=O)C2)CCNCC1. The Hall–Kier alpha value is -1.18. The summed E-state index contributed by atoms with van der Waals surface area (Å²) in [7, 11) is 1.59. The van der Waals surface area contributed by atoms with Crippen molar-refractivity contribution in [2.45, 2.75) is 43.8 Å². The van der Waals surface area contributed by atoms with Gasteiger partial charge in [0.15, 0.2) is 0 Å². The molecule has 0 aromatic rings. The highest BCUT2D eigenvalue weighted by molar-refractivity contribution is 5.88. The van der Waals surface area contributed by atoms with Gasteiger partial charge in [0.25, 0.3) is 5.91 Å². The Labute approximate surface area is 136 Å². The molecule has 3 rings (SSSR count). The smallest absolute Gasteiger partial charge is 0.254 e. The number of hydrogen-bond donors (Lipinski definition) is 3. The Kier molecular flexibility index (Phi) is 4.62. The minimum absolute atomic E-state index is 0.0360. The van der Waals surface area contributed by atoms with Crippen LogP contribution in [0, 0.1) is 5.41 Å². The number of hydrogen-bond acceptors (Lipinski definition) is 5. The molecule has 1 spiro atoms. The molecule has 2 amide bonds. The maximum atomic E-state index is 13.1. The lowest BCUT2D eigenvalue weighted by molar-refractivity contribution is -0.170. The number of amides is 2. The van der Waals surface area contributed by atoms with E-state index in [1.165, 1.54) is 0 Å². The largest absolute Gasteiger partial charge is 0.392 e. The predicted molar refractivity (Wildman–Crippen MR) is 83.7 cm³/mol. The number of nitrogens with zero attached hydrogens (tertiary/aromatic N) is 1. The lowest BCUT2D eigenvalue weighted by Gasteiger charge is -2.49. The van der Waals surface area contributed by atoms with Gasteiger partial charge in [0, 0.05) is 26.7 Å². The molecule has 3 saturated heterocycles. The summed E-state index contributed by atoms with van der Waals surface area (Å²) < 4.78 is 5.63. The van der Waals surface area contributed by atoms with Crippen LogP contribution in [0.5, 0.6) is 0 Å². The van der Waals surface area contributed by atoms with Crippen LogP contribution in [-0.2, 0) is 14.3 Å². The summed E-state index contributed by atoms with van der Waals surface area (Å²) in [5.41, 5.74) is -1.64. The minimum atomic E-state index is -0.853. The monoisotopic (exact) mass is 325 g/mol. The molecule has 3 heterocycles. The van der Waals surface area contributed by atoms with Crippen molar-refractivity contribution in [2.75, 3.05) is 39.8 Å². The van der Waals surface area contributed by atoms with Crippen LogP contribution in [0.15, 0.2) is 0 Å². The predicted octanol–water partition coefficient (Wildman–Crippen LogP) is -0.755. The summed E-state index contributed by atoms with van der Waals surface area (Å²) in [5, 5.41) is 16.6. The molecule has 0 aromatic carbocycles. The van der Waals surface area contributed by atoms with Crippen molar-refractivity contribution < 1.29 is 19.4 Å². The van der Waals surface area contributed by atoms with E-state index in [1.807, 2.05) is 0 Å². The van der Waals surface area contributed by atoms with Crippen molar-refractivity contribution in [2.24, 2.45) is 5.41 Å². The number of likely N-dealkylation sites (tertiary alicyclic amines) is 1. The van der Waals surface area contributed by atoms with Crippen molar-refractivity contribution in [3.63, 3.8) is 0 Å². The Bertz CT molecular complexity index is 478. The molecule has 0 saturated carbocycles. The first-order valence-corrected chi connectivity index (χ1v) is 8.56. The van der Waals surface area contributed by atoms with Crippen LogP contribution < -0.4 is 10.6 Å². The third-order valence-electron chi connectivity index (χ3n) is 5.80. The zero-order chi connectivity index (χ0) is 16.5. The van der Waals surface area contributed by atoms with Crippen LogP contribution in [-0.4, -0.2) is 73.4 Å². The first-order valence-electron chi connectivity index (χ1n) is 8.56. The number of carbonyl (C=O) groups excluding carboxylic acids is 2. The first-order chi connectivity index (χ1) is 11.0. The standard InChI is InChI=1S/C16H27N3O4/c1-23-16(5-8-17-9-6-16)14(22)19-10-3-12(20)15(11-19)4-2-7-18-13(15)21/h12,17,20H,2-11H2,1H3,(H,18,21)/t12-,15+/m0/s1. The zero-order valence-corrected chi connectivity index (χ0v) is 13.8. The van der Waals surface area contributed by atoms with E-state index >= 15 is 0 Å². The third-order valence-corrected chi connectivity index (χ3v) is 5.80. The highest BCUT2D eigenvalue weighted by Crippen LogP contribution is 2.38. The van der Waals surface area contributed by atoms with Crippen molar-refractivity contribution in [3.8, 4) is 0 Å². The van der Waals surface area contributed by atoms with Gasteiger partial charge >= 0.3 is 0 Å².